The highest BCUT2D eigenvalue weighted by Crippen LogP contribution is 2.34. The lowest BCUT2D eigenvalue weighted by Crippen LogP contribution is -2.19. The second kappa shape index (κ2) is 4.21. The number of carbonyl (C=O) groups excluding carboxylic acids is 1. The molecule has 0 saturated heterocycles. The number of aromatic amines is 1. The number of fused-ring (bicyclic) bond motifs is 1. The van der Waals surface area contributed by atoms with E-state index in [-0.39, 0.29) is 17.2 Å². The van der Waals surface area contributed by atoms with Crippen LogP contribution in [0.1, 0.15) is 22.8 Å². The molecule has 0 radical (unpaired) electrons. The molecule has 0 aromatic carbocycles. The topological polar surface area (TPSA) is 79.4 Å². The number of H-pyrrole nitrogens is 1. The minimum atomic E-state index is -0.652. The Labute approximate surface area is 101 Å². The SMILES string of the molecule is CCOC(=O)c1cc2c(C)c(O)sc2[nH]c1=O. The Morgan fingerprint density at radius 1 is 1.59 bits per heavy atom. The fraction of sp³-hybridized carbons (Fsp3) is 0.273. The van der Waals surface area contributed by atoms with Gasteiger partial charge in [0, 0.05) is 10.9 Å². The first-order valence-corrected chi connectivity index (χ1v) is 5.88. The molecule has 17 heavy (non-hydrogen) atoms. The van der Waals surface area contributed by atoms with Gasteiger partial charge in [-0.2, -0.15) is 0 Å². The third kappa shape index (κ3) is 1.91. The van der Waals surface area contributed by atoms with Gasteiger partial charge < -0.3 is 14.8 Å². The summed E-state index contributed by atoms with van der Waals surface area (Å²) >= 11 is 1.07. The van der Waals surface area contributed by atoms with Crippen LogP contribution in [-0.2, 0) is 4.74 Å². The van der Waals surface area contributed by atoms with E-state index < -0.39 is 11.5 Å². The zero-order chi connectivity index (χ0) is 12.6. The summed E-state index contributed by atoms with van der Waals surface area (Å²) in [6.07, 6.45) is 0. The third-order valence-corrected chi connectivity index (χ3v) is 3.45. The second-order valence-electron chi connectivity index (χ2n) is 3.51. The van der Waals surface area contributed by atoms with Gasteiger partial charge in [-0.25, -0.2) is 4.79 Å². The van der Waals surface area contributed by atoms with Crippen LogP contribution in [0.25, 0.3) is 10.2 Å². The summed E-state index contributed by atoms with van der Waals surface area (Å²) in [7, 11) is 0. The minimum absolute atomic E-state index is 0.0414. The summed E-state index contributed by atoms with van der Waals surface area (Å²) in [6.45, 7) is 3.61. The molecule has 0 aliphatic carbocycles. The fourth-order valence-corrected chi connectivity index (χ4v) is 2.44. The molecule has 0 unspecified atom stereocenters. The number of aromatic hydroxyl groups is 1. The molecule has 5 nitrogen and oxygen atoms in total. The van der Waals surface area contributed by atoms with E-state index in [1.807, 2.05) is 0 Å². The van der Waals surface area contributed by atoms with Crippen molar-refractivity contribution in [2.24, 2.45) is 0 Å². The van der Waals surface area contributed by atoms with E-state index in [1.165, 1.54) is 6.07 Å². The highest BCUT2D eigenvalue weighted by atomic mass is 32.1. The summed E-state index contributed by atoms with van der Waals surface area (Å²) in [4.78, 5) is 26.3. The largest absolute Gasteiger partial charge is 0.499 e. The van der Waals surface area contributed by atoms with Crippen molar-refractivity contribution >= 4 is 27.5 Å². The first-order chi connectivity index (χ1) is 8.04. The molecular weight excluding hydrogens is 242 g/mol. The molecule has 2 N–H and O–H groups in total. The number of hydrogen-bond acceptors (Lipinski definition) is 5. The van der Waals surface area contributed by atoms with Crippen LogP contribution in [0.4, 0.5) is 0 Å². The number of thiophene rings is 1. The molecule has 0 spiro atoms. The fourth-order valence-electron chi connectivity index (χ4n) is 1.52. The first-order valence-electron chi connectivity index (χ1n) is 5.07. The van der Waals surface area contributed by atoms with E-state index >= 15 is 0 Å². The van der Waals surface area contributed by atoms with Gasteiger partial charge in [0.05, 0.1) is 6.61 Å². The Hall–Kier alpha value is -1.82. The number of pyridine rings is 1. The van der Waals surface area contributed by atoms with Gasteiger partial charge in [0.25, 0.3) is 5.56 Å². The Morgan fingerprint density at radius 2 is 2.29 bits per heavy atom. The van der Waals surface area contributed by atoms with Crippen LogP contribution in [0.2, 0.25) is 0 Å². The van der Waals surface area contributed by atoms with Crippen molar-refractivity contribution in [3.8, 4) is 5.06 Å². The van der Waals surface area contributed by atoms with Crippen molar-refractivity contribution in [3.05, 3.63) is 27.5 Å². The molecule has 6 heteroatoms. The maximum absolute atomic E-state index is 11.6. The lowest BCUT2D eigenvalue weighted by atomic mass is 10.2. The summed E-state index contributed by atoms with van der Waals surface area (Å²) < 4.78 is 4.79. The van der Waals surface area contributed by atoms with Gasteiger partial charge in [0.1, 0.15) is 10.4 Å². The van der Waals surface area contributed by atoms with Gasteiger partial charge >= 0.3 is 5.97 Å². The summed E-state index contributed by atoms with van der Waals surface area (Å²) in [5, 5.41) is 10.3. The van der Waals surface area contributed by atoms with Crippen molar-refractivity contribution in [1.82, 2.24) is 4.98 Å². The number of hydrogen-bond donors (Lipinski definition) is 2. The normalized spacial score (nSPS) is 10.7. The molecule has 0 saturated carbocycles. The van der Waals surface area contributed by atoms with E-state index in [0.29, 0.717) is 15.8 Å². The van der Waals surface area contributed by atoms with Crippen molar-refractivity contribution in [1.29, 1.82) is 0 Å². The number of aromatic nitrogens is 1. The molecule has 2 aromatic rings. The first kappa shape index (κ1) is 11.7. The Balaban J connectivity index is 2.65. The lowest BCUT2D eigenvalue weighted by molar-refractivity contribution is 0.0524. The predicted molar refractivity (Wildman–Crippen MR) is 64.8 cm³/mol. The number of carbonyl (C=O) groups is 1. The van der Waals surface area contributed by atoms with Gasteiger partial charge in [-0.05, 0) is 19.9 Å². The van der Waals surface area contributed by atoms with E-state index in [9.17, 15) is 14.7 Å². The van der Waals surface area contributed by atoms with E-state index in [1.54, 1.807) is 13.8 Å². The average Bonchev–Trinajstić information content (AvgIpc) is 2.53. The van der Waals surface area contributed by atoms with E-state index in [2.05, 4.69) is 4.98 Å². The summed E-state index contributed by atoms with van der Waals surface area (Å²) in [6, 6.07) is 1.46. The molecule has 90 valence electrons. The summed E-state index contributed by atoms with van der Waals surface area (Å²) in [5.74, 6) is -0.652. The second-order valence-corrected chi connectivity index (χ2v) is 4.51. The Kier molecular flexibility index (Phi) is 2.89. The van der Waals surface area contributed by atoms with Crippen LogP contribution in [0, 0.1) is 6.92 Å². The van der Waals surface area contributed by atoms with Gasteiger partial charge in [-0.3, -0.25) is 4.79 Å². The molecule has 0 bridgehead atoms. The van der Waals surface area contributed by atoms with Gasteiger partial charge in [-0.15, -0.1) is 0 Å². The summed E-state index contributed by atoms with van der Waals surface area (Å²) in [5.41, 5.74) is 0.101. The number of aryl methyl sites for hydroxylation is 1. The van der Waals surface area contributed by atoms with Crippen molar-refractivity contribution < 1.29 is 14.6 Å². The van der Waals surface area contributed by atoms with Crippen molar-refractivity contribution in [2.75, 3.05) is 6.61 Å². The third-order valence-electron chi connectivity index (χ3n) is 2.42. The molecule has 2 aromatic heterocycles. The predicted octanol–water partition coefficient (Wildman–Crippen LogP) is 1.78. The maximum Gasteiger partial charge on any atom is 0.343 e. The standard InChI is InChI=1S/C11H11NO4S/c1-3-16-10(14)7-4-6-5(2)11(15)17-9(6)12-8(7)13/h4,15H,3H2,1-2H3,(H,12,13). The zero-order valence-corrected chi connectivity index (χ0v) is 10.2. The molecule has 0 aliphatic rings. The lowest BCUT2D eigenvalue weighted by Gasteiger charge is -2.01. The number of esters is 1. The molecule has 0 fully saturated rings. The quantitative estimate of drug-likeness (QED) is 0.799. The van der Waals surface area contributed by atoms with Crippen LogP contribution >= 0.6 is 11.3 Å². The van der Waals surface area contributed by atoms with Crippen LogP contribution in [-0.4, -0.2) is 22.7 Å². The number of rotatable bonds is 2. The van der Waals surface area contributed by atoms with Crippen LogP contribution in [0.3, 0.4) is 0 Å². The average molecular weight is 253 g/mol. The maximum atomic E-state index is 11.6. The van der Waals surface area contributed by atoms with E-state index in [4.69, 9.17) is 4.74 Å². The highest BCUT2D eigenvalue weighted by Gasteiger charge is 2.16. The van der Waals surface area contributed by atoms with Crippen LogP contribution in [0.5, 0.6) is 5.06 Å². The van der Waals surface area contributed by atoms with Gasteiger partial charge in [0.2, 0.25) is 0 Å². The monoisotopic (exact) mass is 253 g/mol. The molecule has 0 amide bonds. The minimum Gasteiger partial charge on any atom is -0.499 e. The number of ether oxygens (including phenoxy) is 1. The molecule has 0 aliphatic heterocycles. The Morgan fingerprint density at radius 3 is 2.94 bits per heavy atom. The van der Waals surface area contributed by atoms with Gasteiger partial charge in [0.15, 0.2) is 5.06 Å². The van der Waals surface area contributed by atoms with Gasteiger partial charge in [-0.1, -0.05) is 11.3 Å². The van der Waals surface area contributed by atoms with Crippen LogP contribution in [0.15, 0.2) is 10.9 Å². The molecular formula is C11H11NO4S. The highest BCUT2D eigenvalue weighted by molar-refractivity contribution is 7.20. The van der Waals surface area contributed by atoms with Crippen molar-refractivity contribution in [3.63, 3.8) is 0 Å². The van der Waals surface area contributed by atoms with E-state index in [0.717, 1.165) is 11.3 Å². The molecule has 2 heterocycles. The number of nitrogens with one attached hydrogen (secondary N) is 1. The molecule has 2 rings (SSSR count). The zero-order valence-electron chi connectivity index (χ0n) is 9.36. The van der Waals surface area contributed by atoms with Crippen LogP contribution < -0.4 is 5.56 Å². The smallest absolute Gasteiger partial charge is 0.343 e. The Bertz CT molecular complexity index is 641. The molecule has 0 atom stereocenters. The van der Waals surface area contributed by atoms with Crippen molar-refractivity contribution in [2.45, 2.75) is 13.8 Å².